The van der Waals surface area contributed by atoms with Crippen LogP contribution >= 0.6 is 11.8 Å². The minimum absolute atomic E-state index is 0.254. The maximum absolute atomic E-state index is 13.8. The lowest BCUT2D eigenvalue weighted by Gasteiger charge is -2.12. The highest BCUT2D eigenvalue weighted by molar-refractivity contribution is 7.98. The summed E-state index contributed by atoms with van der Waals surface area (Å²) < 4.78 is 39.4. The van der Waals surface area contributed by atoms with E-state index < -0.39 is 10.0 Å². The Bertz CT molecular complexity index is 1190. The molecule has 1 aliphatic heterocycles. The minimum Gasteiger partial charge on any atom is -0.284 e. The fourth-order valence-electron chi connectivity index (χ4n) is 3.28. The van der Waals surface area contributed by atoms with E-state index in [0.29, 0.717) is 5.69 Å². The fourth-order valence-corrected chi connectivity index (χ4v) is 4.92. The number of rotatable bonds is 3. The van der Waals surface area contributed by atoms with Crippen LogP contribution in [0, 0.1) is 5.82 Å². The highest BCUT2D eigenvalue weighted by Crippen LogP contribution is 2.41. The average molecular weight is 412 g/mol. The van der Waals surface area contributed by atoms with Crippen molar-refractivity contribution in [3.8, 4) is 0 Å². The van der Waals surface area contributed by atoms with E-state index >= 15 is 0 Å². The third-order valence-corrected chi connectivity index (χ3v) is 6.14. The van der Waals surface area contributed by atoms with E-state index in [1.54, 1.807) is 30.0 Å². The second kappa shape index (κ2) is 7.45. The van der Waals surface area contributed by atoms with Crippen LogP contribution in [0.4, 0.5) is 10.1 Å². The molecule has 0 aliphatic carbocycles. The number of benzene rings is 3. The van der Waals surface area contributed by atoms with Gasteiger partial charge in [-0.1, -0.05) is 42.5 Å². The molecule has 1 N–H and O–H groups in total. The van der Waals surface area contributed by atoms with E-state index in [2.05, 4.69) is 16.9 Å². The average Bonchev–Trinajstić information content (AvgIpc) is 2.78. The van der Waals surface area contributed by atoms with Crippen molar-refractivity contribution in [2.24, 2.45) is 0 Å². The highest BCUT2D eigenvalue weighted by atomic mass is 32.2. The summed E-state index contributed by atoms with van der Waals surface area (Å²) in [4.78, 5) is 0.896. The molecule has 0 fully saturated rings. The van der Waals surface area contributed by atoms with Gasteiger partial charge in [-0.05, 0) is 58.2 Å². The number of nitrogens with one attached hydrogen (secondary N) is 1. The molecule has 0 atom stereocenters. The smallest absolute Gasteiger partial charge is 0.229 e. The summed E-state index contributed by atoms with van der Waals surface area (Å²) in [6.07, 6.45) is 3.15. The summed E-state index contributed by atoms with van der Waals surface area (Å²) in [7, 11) is -3.35. The van der Waals surface area contributed by atoms with Gasteiger partial charge in [0.1, 0.15) is 5.82 Å². The molecule has 4 rings (SSSR count). The first-order chi connectivity index (χ1) is 13.4. The fraction of sp³-hybridized carbons (Fsp3) is 0.0909. The van der Waals surface area contributed by atoms with Crippen molar-refractivity contribution in [2.45, 2.75) is 10.6 Å². The van der Waals surface area contributed by atoms with Gasteiger partial charge >= 0.3 is 0 Å². The normalized spacial score (nSPS) is 14.9. The molecule has 0 spiro atoms. The minimum atomic E-state index is -3.35. The van der Waals surface area contributed by atoms with Crippen LogP contribution in [0.1, 0.15) is 22.3 Å². The molecule has 0 aromatic heterocycles. The van der Waals surface area contributed by atoms with Crippen LogP contribution in [0.15, 0.2) is 71.6 Å². The third kappa shape index (κ3) is 4.13. The van der Waals surface area contributed by atoms with E-state index in [9.17, 15) is 12.8 Å². The SMILES string of the molecule is CS(=O)(=O)Nc1cccc(/C=C2/c3ccccc3CSc3cc(F)ccc32)c1. The number of hydrogen-bond acceptors (Lipinski definition) is 3. The zero-order valence-corrected chi connectivity index (χ0v) is 16.8. The van der Waals surface area contributed by atoms with Gasteiger partial charge in [0.2, 0.25) is 10.0 Å². The molecule has 6 heteroatoms. The summed E-state index contributed by atoms with van der Waals surface area (Å²) in [6, 6.07) is 20.2. The molecule has 0 saturated heterocycles. The number of fused-ring (bicyclic) bond motifs is 2. The molecule has 0 amide bonds. The summed E-state index contributed by atoms with van der Waals surface area (Å²) in [5.74, 6) is 0.510. The molecule has 3 aromatic rings. The van der Waals surface area contributed by atoms with Crippen LogP contribution in [0.3, 0.4) is 0 Å². The standard InChI is InChI=1S/C22H18FNO2S2/c1-28(25,26)24-18-7-4-5-15(11-18)12-21-19-8-3-2-6-16(19)14-27-22-13-17(23)9-10-20(21)22/h2-13,24H,14H2,1H3/b21-12-. The lowest BCUT2D eigenvalue weighted by molar-refractivity contribution is 0.607. The Morgan fingerprint density at radius 3 is 2.64 bits per heavy atom. The largest absolute Gasteiger partial charge is 0.284 e. The Balaban J connectivity index is 1.88. The monoisotopic (exact) mass is 411 g/mol. The summed E-state index contributed by atoms with van der Waals surface area (Å²) >= 11 is 1.62. The first-order valence-corrected chi connectivity index (χ1v) is 11.6. The van der Waals surface area contributed by atoms with Gasteiger partial charge in [-0.3, -0.25) is 4.72 Å². The molecule has 1 heterocycles. The highest BCUT2D eigenvalue weighted by Gasteiger charge is 2.19. The molecule has 28 heavy (non-hydrogen) atoms. The van der Waals surface area contributed by atoms with E-state index in [4.69, 9.17) is 0 Å². The first-order valence-electron chi connectivity index (χ1n) is 8.70. The lowest BCUT2D eigenvalue weighted by atomic mass is 9.92. The molecule has 0 unspecified atom stereocenters. The zero-order chi connectivity index (χ0) is 19.7. The van der Waals surface area contributed by atoms with Crippen molar-refractivity contribution in [2.75, 3.05) is 11.0 Å². The molecule has 3 nitrogen and oxygen atoms in total. The maximum atomic E-state index is 13.8. The number of sulfonamides is 1. The van der Waals surface area contributed by atoms with Crippen molar-refractivity contribution in [1.82, 2.24) is 0 Å². The molecule has 0 radical (unpaired) electrons. The van der Waals surface area contributed by atoms with Crippen molar-refractivity contribution in [3.05, 3.63) is 94.8 Å². The summed E-state index contributed by atoms with van der Waals surface area (Å²) in [6.45, 7) is 0. The van der Waals surface area contributed by atoms with E-state index in [1.165, 1.54) is 11.6 Å². The molecule has 3 aromatic carbocycles. The molecule has 1 aliphatic rings. The summed E-state index contributed by atoms with van der Waals surface area (Å²) in [5, 5.41) is 0. The van der Waals surface area contributed by atoms with Crippen LogP contribution in [0.5, 0.6) is 0 Å². The second-order valence-electron chi connectivity index (χ2n) is 6.64. The molecular weight excluding hydrogens is 393 g/mol. The van der Waals surface area contributed by atoms with Crippen molar-refractivity contribution in [1.29, 1.82) is 0 Å². The predicted octanol–water partition coefficient (Wildman–Crippen LogP) is 5.39. The van der Waals surface area contributed by atoms with E-state index in [1.807, 2.05) is 36.4 Å². The lowest BCUT2D eigenvalue weighted by Crippen LogP contribution is -2.09. The van der Waals surface area contributed by atoms with Crippen LogP contribution in [0.25, 0.3) is 11.6 Å². The second-order valence-corrected chi connectivity index (χ2v) is 9.41. The zero-order valence-electron chi connectivity index (χ0n) is 15.1. The van der Waals surface area contributed by atoms with Gasteiger partial charge in [0.25, 0.3) is 0 Å². The first kappa shape index (κ1) is 18.8. The Morgan fingerprint density at radius 2 is 1.82 bits per heavy atom. The topological polar surface area (TPSA) is 46.2 Å². The van der Waals surface area contributed by atoms with Gasteiger partial charge in [0.15, 0.2) is 0 Å². The molecule has 142 valence electrons. The molecular formula is C22H18FNO2S2. The maximum Gasteiger partial charge on any atom is 0.229 e. The van der Waals surface area contributed by atoms with Gasteiger partial charge < -0.3 is 0 Å². The Kier molecular flexibility index (Phi) is 5.00. The number of halogens is 1. The summed E-state index contributed by atoms with van der Waals surface area (Å²) in [5.41, 5.74) is 5.61. The predicted molar refractivity (Wildman–Crippen MR) is 114 cm³/mol. The Morgan fingerprint density at radius 1 is 1.00 bits per heavy atom. The Labute approximate surface area is 168 Å². The Hall–Kier alpha value is -2.57. The van der Waals surface area contributed by atoms with Crippen LogP contribution in [-0.2, 0) is 15.8 Å². The van der Waals surface area contributed by atoms with Gasteiger partial charge in [-0.25, -0.2) is 12.8 Å². The van der Waals surface area contributed by atoms with Crippen molar-refractivity contribution < 1.29 is 12.8 Å². The van der Waals surface area contributed by atoms with E-state index in [-0.39, 0.29) is 5.82 Å². The van der Waals surface area contributed by atoms with Gasteiger partial charge in [0, 0.05) is 16.3 Å². The number of thioether (sulfide) groups is 1. The van der Waals surface area contributed by atoms with Gasteiger partial charge in [-0.2, -0.15) is 0 Å². The quantitative estimate of drug-likeness (QED) is 0.628. The van der Waals surface area contributed by atoms with Crippen LogP contribution in [0.2, 0.25) is 0 Å². The van der Waals surface area contributed by atoms with Crippen LogP contribution in [-0.4, -0.2) is 14.7 Å². The third-order valence-electron chi connectivity index (χ3n) is 4.43. The van der Waals surface area contributed by atoms with Gasteiger partial charge in [0.05, 0.1) is 6.26 Å². The van der Waals surface area contributed by atoms with E-state index in [0.717, 1.165) is 39.2 Å². The molecule has 0 saturated carbocycles. The molecule has 0 bridgehead atoms. The van der Waals surface area contributed by atoms with Crippen LogP contribution < -0.4 is 4.72 Å². The van der Waals surface area contributed by atoms with Crippen molar-refractivity contribution >= 4 is 39.1 Å². The number of hydrogen-bond donors (Lipinski definition) is 1. The number of anilines is 1. The van der Waals surface area contributed by atoms with Gasteiger partial charge in [-0.15, -0.1) is 11.8 Å². The van der Waals surface area contributed by atoms with Crippen molar-refractivity contribution in [3.63, 3.8) is 0 Å².